The molecule has 2 saturated carbocycles. The zero-order valence-electron chi connectivity index (χ0n) is 4.86. The van der Waals surface area contributed by atoms with Gasteiger partial charge in [0.1, 0.15) is 0 Å². The summed E-state index contributed by atoms with van der Waals surface area (Å²) in [5.41, 5.74) is 0. The van der Waals surface area contributed by atoms with Crippen molar-refractivity contribution in [1.82, 2.24) is 0 Å². The van der Waals surface area contributed by atoms with Crippen LogP contribution >= 0.6 is 11.6 Å². The molecule has 0 N–H and O–H groups in total. The molecule has 0 heterocycles. The monoisotopic (exact) mass is 129 g/mol. The van der Waals surface area contributed by atoms with Crippen molar-refractivity contribution in [1.29, 1.82) is 0 Å². The van der Waals surface area contributed by atoms with Crippen LogP contribution in [0.1, 0.15) is 25.7 Å². The predicted molar refractivity (Wildman–Crippen MR) is 34.5 cm³/mol. The number of fused-ring (bicyclic) bond motifs is 2. The first-order valence-electron chi connectivity index (χ1n) is 3.37. The molecule has 2 aliphatic rings. The fraction of sp³-hybridized carbons (Fsp3) is 0.857. The Bertz CT molecular complexity index is 98.6. The Labute approximate surface area is 55.2 Å². The zero-order chi connectivity index (χ0) is 5.56. The summed E-state index contributed by atoms with van der Waals surface area (Å²) in [7, 11) is 0. The molecule has 1 heteroatoms. The van der Waals surface area contributed by atoms with E-state index in [1.54, 1.807) is 0 Å². The highest BCUT2D eigenvalue weighted by Crippen LogP contribution is 2.51. The van der Waals surface area contributed by atoms with Crippen LogP contribution in [0.2, 0.25) is 0 Å². The van der Waals surface area contributed by atoms with E-state index < -0.39 is 0 Å². The van der Waals surface area contributed by atoms with Gasteiger partial charge in [-0.3, -0.25) is 0 Å². The molecular formula is C7H10Cl. The Morgan fingerprint density at radius 1 is 1.38 bits per heavy atom. The van der Waals surface area contributed by atoms with Crippen LogP contribution in [0.25, 0.3) is 0 Å². The number of hydrogen-bond acceptors (Lipinski definition) is 0. The first-order valence-corrected chi connectivity index (χ1v) is 3.75. The molecule has 2 aliphatic carbocycles. The molecule has 0 aliphatic heterocycles. The van der Waals surface area contributed by atoms with Gasteiger partial charge in [-0.2, -0.15) is 0 Å². The van der Waals surface area contributed by atoms with Gasteiger partial charge in [-0.05, 0) is 31.1 Å². The molecule has 0 aromatic heterocycles. The van der Waals surface area contributed by atoms with Crippen LogP contribution in [0.3, 0.4) is 0 Å². The van der Waals surface area contributed by atoms with Crippen LogP contribution in [-0.2, 0) is 0 Å². The van der Waals surface area contributed by atoms with Crippen molar-refractivity contribution in [2.24, 2.45) is 11.8 Å². The summed E-state index contributed by atoms with van der Waals surface area (Å²) < 4.78 is 0. The van der Waals surface area contributed by atoms with E-state index in [0.29, 0.717) is 0 Å². The first-order chi connectivity index (χ1) is 3.86. The largest absolute Gasteiger partial charge is 0.117 e. The second kappa shape index (κ2) is 1.63. The lowest BCUT2D eigenvalue weighted by molar-refractivity contribution is 0.544. The average molecular weight is 130 g/mol. The molecule has 2 bridgehead atoms. The molecule has 0 aromatic carbocycles. The van der Waals surface area contributed by atoms with Crippen molar-refractivity contribution in [2.45, 2.75) is 25.7 Å². The normalized spacial score (nSPS) is 46.1. The second-order valence-corrected chi connectivity index (χ2v) is 3.51. The van der Waals surface area contributed by atoms with Crippen molar-refractivity contribution in [2.75, 3.05) is 0 Å². The van der Waals surface area contributed by atoms with Crippen LogP contribution in [0.4, 0.5) is 0 Å². The topological polar surface area (TPSA) is 0 Å². The summed E-state index contributed by atoms with van der Waals surface area (Å²) in [5.74, 6) is 1.80. The van der Waals surface area contributed by atoms with Crippen molar-refractivity contribution in [3.05, 3.63) is 5.38 Å². The third-order valence-corrected chi connectivity index (χ3v) is 2.93. The first kappa shape index (κ1) is 5.10. The molecular weight excluding hydrogens is 120 g/mol. The highest BCUT2D eigenvalue weighted by molar-refractivity contribution is 6.27. The third-order valence-electron chi connectivity index (χ3n) is 2.47. The SMILES string of the molecule is Cl[C]1CC2CCC1C2. The molecule has 1 radical (unpaired) electrons. The predicted octanol–water partition coefficient (Wildman–Crippen LogP) is 2.58. The molecule has 0 nitrogen and oxygen atoms in total. The zero-order valence-corrected chi connectivity index (χ0v) is 5.62. The van der Waals surface area contributed by atoms with Gasteiger partial charge in [-0.1, -0.05) is 6.42 Å². The van der Waals surface area contributed by atoms with E-state index in [-0.39, 0.29) is 0 Å². The lowest BCUT2D eigenvalue weighted by Crippen LogP contribution is -2.00. The number of halogens is 1. The Balaban J connectivity index is 2.11. The molecule has 0 saturated heterocycles. The van der Waals surface area contributed by atoms with E-state index in [1.165, 1.54) is 31.1 Å². The third kappa shape index (κ3) is 0.589. The van der Waals surface area contributed by atoms with Crippen LogP contribution in [0, 0.1) is 17.2 Å². The van der Waals surface area contributed by atoms with Gasteiger partial charge in [0.15, 0.2) is 0 Å². The van der Waals surface area contributed by atoms with Crippen LogP contribution < -0.4 is 0 Å². The summed E-state index contributed by atoms with van der Waals surface area (Å²) in [6.45, 7) is 0. The lowest BCUT2D eigenvalue weighted by Gasteiger charge is -2.12. The molecule has 0 spiro atoms. The smallest absolute Gasteiger partial charge is 0.0671 e. The molecule has 2 rings (SSSR count). The Morgan fingerprint density at radius 2 is 2.25 bits per heavy atom. The Kier molecular flexibility index (Phi) is 1.04. The van der Waals surface area contributed by atoms with E-state index in [4.69, 9.17) is 11.6 Å². The summed E-state index contributed by atoms with van der Waals surface area (Å²) in [5, 5.41) is 1.27. The van der Waals surface area contributed by atoms with E-state index in [2.05, 4.69) is 0 Å². The fourth-order valence-electron chi connectivity index (χ4n) is 1.99. The molecule has 0 amide bonds. The minimum atomic E-state index is 0.821. The fourth-order valence-corrected chi connectivity index (χ4v) is 2.40. The van der Waals surface area contributed by atoms with Gasteiger partial charge < -0.3 is 0 Å². The maximum Gasteiger partial charge on any atom is 0.0671 e. The van der Waals surface area contributed by atoms with Crippen LogP contribution in [-0.4, -0.2) is 0 Å². The summed E-state index contributed by atoms with van der Waals surface area (Å²) in [6, 6.07) is 0. The molecule has 0 aromatic rings. The maximum absolute atomic E-state index is 5.93. The van der Waals surface area contributed by atoms with E-state index >= 15 is 0 Å². The molecule has 2 atom stereocenters. The number of hydrogen-bond donors (Lipinski definition) is 0. The number of rotatable bonds is 0. The standard InChI is InChI=1S/C7H10Cl/c8-7-4-5-1-2-6(7)3-5/h5-6H,1-4H2. The van der Waals surface area contributed by atoms with Gasteiger partial charge >= 0.3 is 0 Å². The molecule has 8 heavy (non-hydrogen) atoms. The van der Waals surface area contributed by atoms with Crippen LogP contribution in [0.15, 0.2) is 0 Å². The highest BCUT2D eigenvalue weighted by Gasteiger charge is 2.38. The second-order valence-electron chi connectivity index (χ2n) is 3.03. The summed E-state index contributed by atoms with van der Waals surface area (Å²) in [4.78, 5) is 0. The van der Waals surface area contributed by atoms with Gasteiger partial charge in [-0.15, -0.1) is 11.6 Å². The molecule has 2 fully saturated rings. The van der Waals surface area contributed by atoms with E-state index in [0.717, 1.165) is 11.8 Å². The lowest BCUT2D eigenvalue weighted by atomic mass is 10.0. The van der Waals surface area contributed by atoms with Gasteiger partial charge in [0, 0.05) is 0 Å². The van der Waals surface area contributed by atoms with Crippen molar-refractivity contribution in [3.8, 4) is 0 Å². The molecule has 45 valence electrons. The van der Waals surface area contributed by atoms with Crippen molar-refractivity contribution < 1.29 is 0 Å². The maximum atomic E-state index is 5.93. The van der Waals surface area contributed by atoms with E-state index in [9.17, 15) is 0 Å². The highest BCUT2D eigenvalue weighted by atomic mass is 35.5. The van der Waals surface area contributed by atoms with Gasteiger partial charge in [0.2, 0.25) is 0 Å². The molecule has 2 unspecified atom stereocenters. The van der Waals surface area contributed by atoms with Gasteiger partial charge in [0.05, 0.1) is 5.38 Å². The summed E-state index contributed by atoms with van der Waals surface area (Å²) >= 11 is 5.93. The average Bonchev–Trinajstić information content (AvgIpc) is 2.23. The Hall–Kier alpha value is 0.290. The van der Waals surface area contributed by atoms with E-state index in [1.807, 2.05) is 0 Å². The van der Waals surface area contributed by atoms with Crippen molar-refractivity contribution >= 4 is 11.6 Å². The van der Waals surface area contributed by atoms with Gasteiger partial charge in [0.25, 0.3) is 0 Å². The Morgan fingerprint density at radius 3 is 2.50 bits per heavy atom. The van der Waals surface area contributed by atoms with Crippen molar-refractivity contribution in [3.63, 3.8) is 0 Å². The van der Waals surface area contributed by atoms with Crippen LogP contribution in [0.5, 0.6) is 0 Å². The summed E-state index contributed by atoms with van der Waals surface area (Å²) in [6.07, 6.45) is 5.45. The minimum absolute atomic E-state index is 0.821. The minimum Gasteiger partial charge on any atom is -0.117 e. The quantitative estimate of drug-likeness (QED) is 0.472. The van der Waals surface area contributed by atoms with Gasteiger partial charge in [-0.25, -0.2) is 0 Å².